The van der Waals surface area contributed by atoms with Crippen molar-refractivity contribution >= 4 is 22.7 Å². The third-order valence-corrected chi connectivity index (χ3v) is 6.61. The van der Waals surface area contributed by atoms with Crippen molar-refractivity contribution in [3.8, 4) is 11.5 Å². The van der Waals surface area contributed by atoms with Crippen molar-refractivity contribution in [2.24, 2.45) is 0 Å². The molecule has 3 heterocycles. The zero-order valence-corrected chi connectivity index (χ0v) is 21.3. The number of rotatable bonds is 11. The molecule has 0 fully saturated rings. The minimum Gasteiger partial charge on any atom is -0.503 e. The Balaban J connectivity index is 1.54. The molecule has 1 amide bonds. The highest BCUT2D eigenvalue weighted by Gasteiger charge is 2.45. The van der Waals surface area contributed by atoms with Gasteiger partial charge in [0.25, 0.3) is 5.91 Å². The topological polar surface area (TPSA) is 102 Å². The average molecular weight is 516 g/mol. The lowest BCUT2D eigenvalue weighted by Crippen LogP contribution is -2.30. The first-order chi connectivity index (χ1) is 18.5. The zero-order chi connectivity index (χ0) is 26.6. The van der Waals surface area contributed by atoms with Crippen molar-refractivity contribution in [2.45, 2.75) is 38.8 Å². The summed E-state index contributed by atoms with van der Waals surface area (Å²) in [5, 5.41) is 11.7. The van der Waals surface area contributed by atoms with Gasteiger partial charge in [0.2, 0.25) is 5.78 Å². The van der Waals surface area contributed by atoms with Crippen molar-refractivity contribution in [3.63, 3.8) is 0 Å². The van der Waals surface area contributed by atoms with Gasteiger partial charge in [0.05, 0.1) is 38.1 Å². The number of fused-ring (bicyclic) bond motifs is 1. The predicted octanol–water partition coefficient (Wildman–Crippen LogP) is 6.38. The van der Waals surface area contributed by atoms with E-state index in [1.807, 2.05) is 18.2 Å². The van der Waals surface area contributed by atoms with Crippen LogP contribution in [0.15, 0.2) is 87.1 Å². The van der Waals surface area contributed by atoms with Gasteiger partial charge in [-0.25, -0.2) is 0 Å². The van der Waals surface area contributed by atoms with Crippen LogP contribution >= 0.6 is 0 Å². The smallest absolute Gasteiger partial charge is 0.290 e. The lowest BCUT2D eigenvalue weighted by molar-refractivity contribution is -0.130. The Bertz CT molecular complexity index is 1450. The average Bonchev–Trinajstić information content (AvgIpc) is 3.66. The van der Waals surface area contributed by atoms with Crippen LogP contribution in [0.4, 0.5) is 0 Å². The molecule has 196 valence electrons. The molecule has 0 unspecified atom stereocenters. The summed E-state index contributed by atoms with van der Waals surface area (Å²) in [5.41, 5.74) is 1.04. The van der Waals surface area contributed by atoms with E-state index in [2.05, 4.69) is 6.92 Å². The summed E-state index contributed by atoms with van der Waals surface area (Å²) < 4.78 is 22.8. The molecule has 0 spiro atoms. The number of nitrogens with zero attached hydrogens (tertiary/aromatic N) is 1. The minimum atomic E-state index is -0.906. The molecule has 0 aliphatic carbocycles. The van der Waals surface area contributed by atoms with Crippen LogP contribution in [-0.2, 0) is 11.3 Å². The van der Waals surface area contributed by atoms with Crippen LogP contribution in [0.1, 0.15) is 54.1 Å². The fraction of sp³-hybridized carbons (Fsp3) is 0.267. The van der Waals surface area contributed by atoms with Crippen molar-refractivity contribution in [3.05, 3.63) is 95.3 Å². The van der Waals surface area contributed by atoms with E-state index in [4.69, 9.17) is 18.3 Å². The van der Waals surface area contributed by atoms with E-state index in [9.17, 15) is 14.7 Å². The van der Waals surface area contributed by atoms with Crippen LogP contribution in [0, 0.1) is 0 Å². The number of benzene rings is 2. The molecule has 5 rings (SSSR count). The molecule has 8 heteroatoms. The number of para-hydroxylation sites is 1. The Kier molecular flexibility index (Phi) is 7.22. The van der Waals surface area contributed by atoms with E-state index in [1.54, 1.807) is 42.5 Å². The van der Waals surface area contributed by atoms with Crippen LogP contribution in [0.3, 0.4) is 0 Å². The quantitative estimate of drug-likeness (QED) is 0.183. The maximum atomic E-state index is 13.8. The number of aliphatic hydroxyl groups is 1. The SMILES string of the molecule is CCCCCOc1ccc([C@@H]2C(C(=O)c3cc4ccccc4o3)=C(O)C(=O)N2Cc2ccco2)cc1OC. The Labute approximate surface area is 220 Å². The number of unbranched alkanes of at least 4 members (excludes halogenated alkanes) is 2. The van der Waals surface area contributed by atoms with E-state index in [-0.39, 0.29) is 17.9 Å². The molecular weight excluding hydrogens is 486 g/mol. The molecule has 8 nitrogen and oxygen atoms in total. The number of carbonyl (C=O) groups excluding carboxylic acids is 2. The van der Waals surface area contributed by atoms with Crippen LogP contribution in [-0.4, -0.2) is 35.4 Å². The second-order valence-electron chi connectivity index (χ2n) is 9.12. The molecule has 2 aromatic carbocycles. The van der Waals surface area contributed by atoms with Gasteiger partial charge in [0, 0.05) is 5.39 Å². The first-order valence-electron chi connectivity index (χ1n) is 12.6. The Morgan fingerprint density at radius 2 is 1.89 bits per heavy atom. The maximum Gasteiger partial charge on any atom is 0.290 e. The standard InChI is InChI=1S/C30H29NO7/c1-3-4-7-14-37-23-13-12-20(17-24(23)35-2)27-26(28(32)25-16-19-9-5-6-11-22(19)38-25)29(33)30(34)31(27)18-21-10-8-15-36-21/h5-6,8-13,15-17,27,33H,3-4,7,14,18H2,1-2H3/t27-/m1/s1. The third kappa shape index (κ3) is 4.77. The number of methoxy groups -OCH3 is 1. The molecule has 1 aliphatic rings. The summed E-state index contributed by atoms with van der Waals surface area (Å²) in [5.74, 6) is -0.294. The maximum absolute atomic E-state index is 13.8. The minimum absolute atomic E-state index is 0.0354. The van der Waals surface area contributed by atoms with Crippen molar-refractivity contribution < 1.29 is 33.0 Å². The molecule has 1 atom stereocenters. The molecule has 2 aromatic heterocycles. The lowest BCUT2D eigenvalue weighted by Gasteiger charge is -2.26. The molecule has 0 saturated heterocycles. The van der Waals surface area contributed by atoms with Gasteiger partial charge in [-0.05, 0) is 48.4 Å². The van der Waals surface area contributed by atoms with E-state index < -0.39 is 23.5 Å². The van der Waals surface area contributed by atoms with Gasteiger partial charge in [-0.1, -0.05) is 44.0 Å². The van der Waals surface area contributed by atoms with Crippen LogP contribution in [0.2, 0.25) is 0 Å². The van der Waals surface area contributed by atoms with Crippen molar-refractivity contribution in [1.82, 2.24) is 4.90 Å². The van der Waals surface area contributed by atoms with Gasteiger partial charge in [0.1, 0.15) is 11.3 Å². The first-order valence-corrected chi connectivity index (χ1v) is 12.6. The van der Waals surface area contributed by atoms with Crippen LogP contribution in [0.5, 0.6) is 11.5 Å². The summed E-state index contributed by atoms with van der Waals surface area (Å²) in [6, 6.07) is 16.6. The highest BCUT2D eigenvalue weighted by Crippen LogP contribution is 2.43. The summed E-state index contributed by atoms with van der Waals surface area (Å²) in [6.45, 7) is 2.72. The summed E-state index contributed by atoms with van der Waals surface area (Å²) in [6.07, 6.45) is 4.57. The fourth-order valence-electron chi connectivity index (χ4n) is 4.70. The second-order valence-corrected chi connectivity index (χ2v) is 9.12. The highest BCUT2D eigenvalue weighted by atomic mass is 16.5. The van der Waals surface area contributed by atoms with Gasteiger partial charge >= 0.3 is 0 Å². The van der Waals surface area contributed by atoms with Crippen molar-refractivity contribution in [2.75, 3.05) is 13.7 Å². The zero-order valence-electron chi connectivity index (χ0n) is 21.3. The Hall–Kier alpha value is -4.46. The molecule has 38 heavy (non-hydrogen) atoms. The predicted molar refractivity (Wildman–Crippen MR) is 140 cm³/mol. The number of Topliss-reactive ketones (excluding diaryl/α,β-unsaturated/α-hetero) is 1. The van der Waals surface area contributed by atoms with E-state index in [0.717, 1.165) is 24.6 Å². The van der Waals surface area contributed by atoms with E-state index >= 15 is 0 Å². The van der Waals surface area contributed by atoms with Crippen molar-refractivity contribution in [1.29, 1.82) is 0 Å². The number of amides is 1. The molecule has 0 saturated carbocycles. The number of ketones is 1. The summed E-state index contributed by atoms with van der Waals surface area (Å²) >= 11 is 0. The Morgan fingerprint density at radius 1 is 1.05 bits per heavy atom. The number of hydrogen-bond donors (Lipinski definition) is 1. The van der Waals surface area contributed by atoms with Gasteiger partial charge < -0.3 is 28.3 Å². The monoisotopic (exact) mass is 515 g/mol. The lowest BCUT2D eigenvalue weighted by atomic mass is 9.94. The van der Waals surface area contributed by atoms with Crippen LogP contribution < -0.4 is 9.47 Å². The largest absolute Gasteiger partial charge is 0.503 e. The molecule has 1 N–H and O–H groups in total. The third-order valence-electron chi connectivity index (χ3n) is 6.61. The number of carbonyl (C=O) groups is 2. The highest BCUT2D eigenvalue weighted by molar-refractivity contribution is 6.16. The molecule has 4 aromatic rings. The number of aliphatic hydroxyl groups excluding tert-OH is 1. The molecule has 0 bridgehead atoms. The van der Waals surface area contributed by atoms with Crippen LogP contribution in [0.25, 0.3) is 11.0 Å². The number of furan rings is 2. The molecule has 1 aliphatic heterocycles. The first kappa shape index (κ1) is 25.2. The number of hydrogen-bond acceptors (Lipinski definition) is 7. The van der Waals surface area contributed by atoms with Gasteiger partial charge in [0.15, 0.2) is 23.0 Å². The van der Waals surface area contributed by atoms with Gasteiger partial charge in [-0.2, -0.15) is 0 Å². The fourth-order valence-corrected chi connectivity index (χ4v) is 4.70. The van der Waals surface area contributed by atoms with E-state index in [0.29, 0.717) is 35.0 Å². The molecule has 0 radical (unpaired) electrons. The molecular formula is C30H29NO7. The summed E-state index contributed by atoms with van der Waals surface area (Å²) in [4.78, 5) is 28.5. The second kappa shape index (κ2) is 10.9. The Morgan fingerprint density at radius 3 is 2.63 bits per heavy atom. The van der Waals surface area contributed by atoms with Gasteiger partial charge in [-0.3, -0.25) is 9.59 Å². The number of ether oxygens (including phenoxy) is 2. The van der Waals surface area contributed by atoms with E-state index in [1.165, 1.54) is 18.3 Å². The normalized spacial score (nSPS) is 15.5. The summed E-state index contributed by atoms with van der Waals surface area (Å²) in [7, 11) is 1.53. The van der Waals surface area contributed by atoms with Gasteiger partial charge in [-0.15, -0.1) is 0 Å².